The highest BCUT2D eigenvalue weighted by Crippen LogP contribution is 2.26. The summed E-state index contributed by atoms with van der Waals surface area (Å²) in [7, 11) is 0. The Morgan fingerprint density at radius 2 is 1.67 bits per heavy atom. The fourth-order valence-electron chi connectivity index (χ4n) is 5.25. The van der Waals surface area contributed by atoms with E-state index in [4.69, 9.17) is 21.6 Å². The Labute approximate surface area is 233 Å². The van der Waals surface area contributed by atoms with Crippen LogP contribution in [0.5, 0.6) is 5.75 Å². The number of piperidine rings is 2. The average molecular weight is 547 g/mol. The summed E-state index contributed by atoms with van der Waals surface area (Å²) in [6.45, 7) is 4.21. The zero-order valence-corrected chi connectivity index (χ0v) is 22.5. The highest BCUT2D eigenvalue weighted by atomic mass is 35.5. The van der Waals surface area contributed by atoms with Crippen LogP contribution in [0.4, 0.5) is 10.1 Å². The van der Waals surface area contributed by atoms with E-state index < -0.39 is 5.82 Å². The maximum atomic E-state index is 14.9. The van der Waals surface area contributed by atoms with Crippen LogP contribution in [0, 0.1) is 17.1 Å². The van der Waals surface area contributed by atoms with Crippen LogP contribution in [0.3, 0.4) is 0 Å². The van der Waals surface area contributed by atoms with Gasteiger partial charge in [0.2, 0.25) is 0 Å². The lowest BCUT2D eigenvalue weighted by Gasteiger charge is -2.33. The van der Waals surface area contributed by atoms with Gasteiger partial charge in [0.05, 0.1) is 11.6 Å². The van der Waals surface area contributed by atoms with Crippen molar-refractivity contribution in [2.24, 2.45) is 0 Å². The molecular formula is C31H32ClFN4O2. The molecule has 3 aromatic carbocycles. The number of nitrogens with one attached hydrogen (secondary N) is 1. The Bertz CT molecular complexity index is 1310. The van der Waals surface area contributed by atoms with Gasteiger partial charge in [-0.3, -0.25) is 9.69 Å². The lowest BCUT2D eigenvalue weighted by Crippen LogP contribution is -2.44. The SMILES string of the molecule is N#Cc1ccc(N2CCC(Oc3ccc(C(=O)NC4CCN(Cc5ccc(Cl)cc5)CC4)cc3F)CC2)cc1. The summed E-state index contributed by atoms with van der Waals surface area (Å²) in [5.74, 6) is -0.596. The minimum absolute atomic E-state index is 0.0687. The first kappa shape index (κ1) is 27.0. The number of hydrogen-bond acceptors (Lipinski definition) is 5. The van der Waals surface area contributed by atoms with Crippen molar-refractivity contribution in [3.8, 4) is 11.8 Å². The van der Waals surface area contributed by atoms with Gasteiger partial charge in [-0.25, -0.2) is 4.39 Å². The summed E-state index contributed by atoms with van der Waals surface area (Å²) in [6.07, 6.45) is 3.14. The number of benzene rings is 3. The first-order chi connectivity index (χ1) is 19.0. The number of nitriles is 1. The minimum Gasteiger partial charge on any atom is -0.487 e. The van der Waals surface area contributed by atoms with Crippen LogP contribution in [0.15, 0.2) is 66.7 Å². The van der Waals surface area contributed by atoms with Crippen molar-refractivity contribution >= 4 is 23.2 Å². The largest absolute Gasteiger partial charge is 0.487 e. The van der Waals surface area contributed by atoms with Gasteiger partial charge in [0.1, 0.15) is 6.10 Å². The Morgan fingerprint density at radius 3 is 2.31 bits per heavy atom. The summed E-state index contributed by atoms with van der Waals surface area (Å²) >= 11 is 5.97. The molecule has 1 N–H and O–H groups in total. The highest BCUT2D eigenvalue weighted by molar-refractivity contribution is 6.30. The fraction of sp³-hybridized carbons (Fsp3) is 0.355. The molecule has 202 valence electrons. The number of ether oxygens (including phenoxy) is 1. The highest BCUT2D eigenvalue weighted by Gasteiger charge is 2.24. The summed E-state index contributed by atoms with van der Waals surface area (Å²) in [5, 5.41) is 12.8. The van der Waals surface area contributed by atoms with E-state index in [0.717, 1.165) is 69.1 Å². The van der Waals surface area contributed by atoms with Gasteiger partial charge >= 0.3 is 0 Å². The summed E-state index contributed by atoms with van der Waals surface area (Å²) in [5.41, 5.74) is 3.23. The van der Waals surface area contributed by atoms with Gasteiger partial charge < -0.3 is 15.0 Å². The third kappa shape index (κ3) is 7.08. The molecular weight excluding hydrogens is 515 g/mol. The van der Waals surface area contributed by atoms with Gasteiger partial charge in [-0.2, -0.15) is 5.26 Å². The molecule has 2 fully saturated rings. The lowest BCUT2D eigenvalue weighted by molar-refractivity contribution is 0.0908. The third-order valence-corrected chi connectivity index (χ3v) is 7.79. The molecule has 2 aliphatic heterocycles. The van der Waals surface area contributed by atoms with Crippen LogP contribution in [0.2, 0.25) is 5.02 Å². The zero-order chi connectivity index (χ0) is 27.2. The van der Waals surface area contributed by atoms with Gasteiger partial charge in [0.25, 0.3) is 5.91 Å². The van der Waals surface area contributed by atoms with E-state index in [9.17, 15) is 9.18 Å². The number of carbonyl (C=O) groups is 1. The van der Waals surface area contributed by atoms with Crippen molar-refractivity contribution in [2.45, 2.75) is 44.4 Å². The molecule has 6 nitrogen and oxygen atoms in total. The number of hydrogen-bond donors (Lipinski definition) is 1. The molecule has 1 amide bonds. The summed E-state index contributed by atoms with van der Waals surface area (Å²) < 4.78 is 20.9. The topological polar surface area (TPSA) is 68.6 Å². The van der Waals surface area contributed by atoms with Crippen molar-refractivity contribution < 1.29 is 13.9 Å². The zero-order valence-electron chi connectivity index (χ0n) is 21.8. The van der Waals surface area contributed by atoms with Gasteiger partial charge in [-0.1, -0.05) is 23.7 Å². The van der Waals surface area contributed by atoms with Crippen molar-refractivity contribution in [3.63, 3.8) is 0 Å². The molecule has 2 aliphatic rings. The van der Waals surface area contributed by atoms with E-state index in [-0.39, 0.29) is 23.8 Å². The Hall–Kier alpha value is -3.60. The quantitative estimate of drug-likeness (QED) is 0.406. The molecule has 3 aromatic rings. The second-order valence-corrected chi connectivity index (χ2v) is 10.7. The van der Waals surface area contributed by atoms with Crippen molar-refractivity contribution in [2.75, 3.05) is 31.1 Å². The Kier molecular flexibility index (Phi) is 8.65. The average Bonchev–Trinajstić information content (AvgIpc) is 2.97. The second-order valence-electron chi connectivity index (χ2n) is 10.3. The van der Waals surface area contributed by atoms with Crippen molar-refractivity contribution in [1.29, 1.82) is 5.26 Å². The monoisotopic (exact) mass is 546 g/mol. The fourth-order valence-corrected chi connectivity index (χ4v) is 5.37. The molecule has 5 rings (SSSR count). The Morgan fingerprint density at radius 1 is 0.974 bits per heavy atom. The van der Waals surface area contributed by atoms with E-state index in [1.165, 1.54) is 11.6 Å². The predicted octanol–water partition coefficient (Wildman–Crippen LogP) is 5.79. The lowest BCUT2D eigenvalue weighted by atomic mass is 10.0. The number of amides is 1. The number of likely N-dealkylation sites (tertiary alicyclic amines) is 1. The third-order valence-electron chi connectivity index (χ3n) is 7.53. The number of halogens is 2. The van der Waals surface area contributed by atoms with E-state index in [1.807, 2.05) is 48.5 Å². The summed E-state index contributed by atoms with van der Waals surface area (Å²) in [6, 6.07) is 22.1. The normalized spacial score (nSPS) is 17.0. The number of rotatable bonds is 7. The van der Waals surface area contributed by atoms with Crippen LogP contribution in [-0.4, -0.2) is 49.1 Å². The molecule has 0 saturated carbocycles. The van der Waals surface area contributed by atoms with Crippen molar-refractivity contribution in [1.82, 2.24) is 10.2 Å². The first-order valence-electron chi connectivity index (χ1n) is 13.5. The van der Waals surface area contributed by atoms with E-state index in [1.54, 1.807) is 12.1 Å². The molecule has 0 aliphatic carbocycles. The second kappa shape index (κ2) is 12.5. The van der Waals surface area contributed by atoms with Crippen LogP contribution >= 0.6 is 11.6 Å². The molecule has 2 heterocycles. The number of nitrogens with zero attached hydrogens (tertiary/aromatic N) is 3. The smallest absolute Gasteiger partial charge is 0.251 e. The van der Waals surface area contributed by atoms with Crippen LogP contribution in [-0.2, 0) is 6.54 Å². The van der Waals surface area contributed by atoms with Gasteiger partial charge in [-0.05, 0) is 73.0 Å². The molecule has 2 saturated heterocycles. The maximum absolute atomic E-state index is 14.9. The molecule has 0 bridgehead atoms. The summed E-state index contributed by atoms with van der Waals surface area (Å²) in [4.78, 5) is 17.4. The molecule has 0 unspecified atom stereocenters. The molecule has 0 atom stereocenters. The number of anilines is 1. The van der Waals surface area contributed by atoms with Gasteiger partial charge in [0.15, 0.2) is 11.6 Å². The number of carbonyl (C=O) groups excluding carboxylic acids is 1. The van der Waals surface area contributed by atoms with E-state index in [2.05, 4.69) is 21.2 Å². The Balaban J connectivity index is 1.07. The van der Waals surface area contributed by atoms with Crippen molar-refractivity contribution in [3.05, 3.63) is 94.3 Å². The van der Waals surface area contributed by atoms with E-state index >= 15 is 0 Å². The maximum Gasteiger partial charge on any atom is 0.251 e. The standard InChI is InChI=1S/C31H32ClFN4O2/c32-25-6-1-23(2-7-25)21-36-15-11-26(12-16-36)35-31(38)24-5-10-30(29(33)19-24)39-28-13-17-37(18-14-28)27-8-3-22(20-34)4-9-27/h1-10,19,26,28H,11-18,21H2,(H,35,38). The molecule has 0 aromatic heterocycles. The molecule has 0 radical (unpaired) electrons. The van der Waals surface area contributed by atoms with Gasteiger partial charge in [0, 0.05) is 67.9 Å². The van der Waals surface area contributed by atoms with Gasteiger partial charge in [-0.15, -0.1) is 0 Å². The molecule has 8 heteroatoms. The first-order valence-corrected chi connectivity index (χ1v) is 13.8. The predicted molar refractivity (Wildman–Crippen MR) is 151 cm³/mol. The van der Waals surface area contributed by atoms with Crippen LogP contribution in [0.25, 0.3) is 0 Å². The molecule has 0 spiro atoms. The van der Waals surface area contributed by atoms with Crippen LogP contribution in [0.1, 0.15) is 47.2 Å². The van der Waals surface area contributed by atoms with E-state index in [0.29, 0.717) is 11.1 Å². The minimum atomic E-state index is -0.519. The van der Waals surface area contributed by atoms with Crippen LogP contribution < -0.4 is 15.0 Å². The molecule has 39 heavy (non-hydrogen) atoms.